The molecule has 2 fully saturated rings. The zero-order chi connectivity index (χ0) is 21.1. The second-order valence-corrected chi connectivity index (χ2v) is 9.49. The largest absolute Gasteiger partial charge is 0.378 e. The van der Waals surface area contributed by atoms with Gasteiger partial charge in [0, 0.05) is 52.1 Å². The summed E-state index contributed by atoms with van der Waals surface area (Å²) in [5.41, 5.74) is 0. The van der Waals surface area contributed by atoms with Gasteiger partial charge in [-0.05, 0) is 6.92 Å². The van der Waals surface area contributed by atoms with Crippen molar-refractivity contribution in [1.29, 1.82) is 0 Å². The van der Waals surface area contributed by atoms with Crippen LogP contribution in [0.4, 0.5) is 0 Å². The van der Waals surface area contributed by atoms with Crippen LogP contribution < -0.4 is 5.32 Å². The van der Waals surface area contributed by atoms with E-state index in [1.54, 1.807) is 0 Å². The molecule has 176 valence electrons. The molecule has 2 heterocycles. The van der Waals surface area contributed by atoms with Crippen LogP contribution in [-0.2, 0) is 24.1 Å². The van der Waals surface area contributed by atoms with Gasteiger partial charge < -0.3 is 24.6 Å². The number of hydrogen-bond donors (Lipinski definition) is 1. The molecule has 30 heavy (non-hydrogen) atoms. The lowest BCUT2D eigenvalue weighted by atomic mass is 10.3. The molecule has 0 spiro atoms. The predicted molar refractivity (Wildman–Crippen MR) is 127 cm³/mol. The van der Waals surface area contributed by atoms with Gasteiger partial charge in [-0.1, -0.05) is 0 Å². The molecule has 0 aromatic heterocycles. The number of sulfone groups is 1. The molecular formula is C18H36IN5O5S. The summed E-state index contributed by atoms with van der Waals surface area (Å²) in [6, 6.07) is 0. The zero-order valence-corrected chi connectivity index (χ0v) is 21.2. The molecule has 0 aliphatic carbocycles. The van der Waals surface area contributed by atoms with E-state index < -0.39 is 9.84 Å². The van der Waals surface area contributed by atoms with E-state index in [2.05, 4.69) is 20.1 Å². The quantitative estimate of drug-likeness (QED) is 0.168. The number of morpholine rings is 1. The van der Waals surface area contributed by atoms with E-state index in [-0.39, 0.29) is 42.2 Å². The van der Waals surface area contributed by atoms with Crippen molar-refractivity contribution in [2.45, 2.75) is 6.92 Å². The van der Waals surface area contributed by atoms with E-state index in [0.29, 0.717) is 46.0 Å². The molecule has 2 aliphatic rings. The van der Waals surface area contributed by atoms with Crippen LogP contribution in [0, 0.1) is 0 Å². The number of ether oxygens (including phenoxy) is 2. The van der Waals surface area contributed by atoms with Crippen molar-refractivity contribution in [2.75, 3.05) is 97.3 Å². The van der Waals surface area contributed by atoms with Gasteiger partial charge in [-0.2, -0.15) is 0 Å². The summed E-state index contributed by atoms with van der Waals surface area (Å²) >= 11 is 0. The molecule has 0 unspecified atom stereocenters. The Kier molecular flexibility index (Phi) is 13.1. The van der Waals surface area contributed by atoms with Crippen molar-refractivity contribution >= 4 is 45.7 Å². The summed E-state index contributed by atoms with van der Waals surface area (Å²) in [5, 5.41) is 3.29. The number of amides is 1. The molecule has 1 amide bonds. The van der Waals surface area contributed by atoms with Gasteiger partial charge in [0.25, 0.3) is 0 Å². The lowest BCUT2D eigenvalue weighted by molar-refractivity contribution is -0.136. The zero-order valence-electron chi connectivity index (χ0n) is 18.0. The van der Waals surface area contributed by atoms with Crippen LogP contribution in [0.2, 0.25) is 0 Å². The van der Waals surface area contributed by atoms with E-state index in [1.165, 1.54) is 6.26 Å². The molecule has 0 aromatic carbocycles. The first-order valence-electron chi connectivity index (χ1n) is 10.3. The predicted octanol–water partition coefficient (Wildman–Crippen LogP) is -0.892. The highest BCUT2D eigenvalue weighted by Crippen LogP contribution is 2.05. The standard InChI is InChI=1S/C18H35N5O5S.HI/c1-3-19-18(20-4-11-27-14-15-29(2,25)26)23-7-5-21(6-8-23)16-17(24)22-9-12-28-13-10-22;/h3-16H2,1-2H3,(H,19,20);1H. The molecule has 10 nitrogen and oxygen atoms in total. The van der Waals surface area contributed by atoms with Crippen LogP contribution >= 0.6 is 24.0 Å². The highest BCUT2D eigenvalue weighted by molar-refractivity contribution is 14.0. The van der Waals surface area contributed by atoms with Crippen molar-refractivity contribution in [3.05, 3.63) is 0 Å². The minimum atomic E-state index is -2.99. The summed E-state index contributed by atoms with van der Waals surface area (Å²) < 4.78 is 32.8. The SMILES string of the molecule is CCNC(=NCCOCCS(C)(=O)=O)N1CCN(CC(=O)N2CCOCC2)CC1.I. The Hall–Kier alpha value is -0.700. The van der Waals surface area contributed by atoms with Crippen LogP contribution in [0.15, 0.2) is 4.99 Å². The Morgan fingerprint density at radius 2 is 1.73 bits per heavy atom. The first-order chi connectivity index (χ1) is 13.9. The molecule has 0 aromatic rings. The Morgan fingerprint density at radius 3 is 2.33 bits per heavy atom. The maximum atomic E-state index is 12.4. The monoisotopic (exact) mass is 561 g/mol. The fraction of sp³-hybridized carbons (Fsp3) is 0.889. The van der Waals surface area contributed by atoms with Crippen molar-refractivity contribution in [3.8, 4) is 0 Å². The Labute approximate surface area is 197 Å². The number of aliphatic imine (C=N–C) groups is 1. The Balaban J connectivity index is 0.00000450. The average molecular weight is 561 g/mol. The minimum absolute atomic E-state index is 0. The number of carbonyl (C=O) groups excluding carboxylic acids is 1. The van der Waals surface area contributed by atoms with Crippen molar-refractivity contribution < 1.29 is 22.7 Å². The van der Waals surface area contributed by atoms with Gasteiger partial charge in [0.2, 0.25) is 5.91 Å². The fourth-order valence-electron chi connectivity index (χ4n) is 3.18. The van der Waals surface area contributed by atoms with Gasteiger partial charge in [-0.15, -0.1) is 24.0 Å². The second-order valence-electron chi connectivity index (χ2n) is 7.23. The van der Waals surface area contributed by atoms with Gasteiger partial charge in [-0.3, -0.25) is 14.7 Å². The lowest BCUT2D eigenvalue weighted by Gasteiger charge is -2.37. The van der Waals surface area contributed by atoms with Crippen LogP contribution in [0.3, 0.4) is 0 Å². The summed E-state index contributed by atoms with van der Waals surface area (Å²) in [7, 11) is -2.99. The highest BCUT2D eigenvalue weighted by atomic mass is 127. The van der Waals surface area contributed by atoms with Crippen LogP contribution in [0.25, 0.3) is 0 Å². The minimum Gasteiger partial charge on any atom is -0.378 e. The molecule has 0 saturated carbocycles. The maximum Gasteiger partial charge on any atom is 0.236 e. The fourth-order valence-corrected chi connectivity index (χ4v) is 3.60. The third-order valence-corrected chi connectivity index (χ3v) is 5.73. The van der Waals surface area contributed by atoms with E-state index in [9.17, 15) is 13.2 Å². The summed E-state index contributed by atoms with van der Waals surface area (Å²) in [4.78, 5) is 23.2. The Morgan fingerprint density at radius 1 is 1.07 bits per heavy atom. The van der Waals surface area contributed by atoms with Crippen LogP contribution in [-0.4, -0.2) is 132 Å². The normalized spacial score (nSPS) is 18.8. The Bertz CT molecular complexity index is 635. The molecule has 2 saturated heterocycles. The van der Waals surface area contributed by atoms with Crippen LogP contribution in [0.5, 0.6) is 0 Å². The third kappa shape index (κ3) is 10.6. The number of nitrogens with one attached hydrogen (secondary N) is 1. The lowest BCUT2D eigenvalue weighted by Crippen LogP contribution is -2.55. The van der Waals surface area contributed by atoms with E-state index in [1.807, 2.05) is 11.8 Å². The number of rotatable bonds is 9. The molecule has 1 N–H and O–H groups in total. The number of guanidine groups is 1. The number of piperazine rings is 1. The summed E-state index contributed by atoms with van der Waals surface area (Å²) in [6.45, 7) is 10.1. The van der Waals surface area contributed by atoms with Gasteiger partial charge in [0.05, 0.1) is 45.3 Å². The second kappa shape index (κ2) is 14.4. The van der Waals surface area contributed by atoms with Crippen LogP contribution in [0.1, 0.15) is 6.92 Å². The van der Waals surface area contributed by atoms with Crippen molar-refractivity contribution in [2.24, 2.45) is 4.99 Å². The molecule has 0 atom stereocenters. The van der Waals surface area contributed by atoms with Gasteiger partial charge in [0.1, 0.15) is 9.84 Å². The summed E-state index contributed by atoms with van der Waals surface area (Å²) in [5.74, 6) is 1.04. The van der Waals surface area contributed by atoms with Gasteiger partial charge >= 0.3 is 0 Å². The van der Waals surface area contributed by atoms with E-state index in [4.69, 9.17) is 9.47 Å². The van der Waals surface area contributed by atoms with E-state index in [0.717, 1.165) is 38.7 Å². The number of nitrogens with zero attached hydrogens (tertiary/aromatic N) is 4. The van der Waals surface area contributed by atoms with Crippen molar-refractivity contribution in [3.63, 3.8) is 0 Å². The third-order valence-electron chi connectivity index (χ3n) is 4.83. The van der Waals surface area contributed by atoms with E-state index >= 15 is 0 Å². The molecular weight excluding hydrogens is 525 g/mol. The first kappa shape index (κ1) is 27.3. The highest BCUT2D eigenvalue weighted by Gasteiger charge is 2.24. The molecule has 0 bridgehead atoms. The smallest absolute Gasteiger partial charge is 0.236 e. The number of hydrogen-bond acceptors (Lipinski definition) is 7. The maximum absolute atomic E-state index is 12.4. The topological polar surface area (TPSA) is 104 Å². The van der Waals surface area contributed by atoms with Gasteiger partial charge in [-0.25, -0.2) is 8.42 Å². The molecule has 12 heteroatoms. The molecule has 0 radical (unpaired) electrons. The number of carbonyl (C=O) groups is 1. The average Bonchev–Trinajstić information content (AvgIpc) is 2.70. The number of halogens is 1. The first-order valence-corrected chi connectivity index (χ1v) is 12.3. The summed E-state index contributed by atoms with van der Waals surface area (Å²) in [6.07, 6.45) is 1.20. The molecule has 2 rings (SSSR count). The van der Waals surface area contributed by atoms with Gasteiger partial charge in [0.15, 0.2) is 5.96 Å². The van der Waals surface area contributed by atoms with Crippen molar-refractivity contribution in [1.82, 2.24) is 20.0 Å². The molecule has 2 aliphatic heterocycles.